The van der Waals surface area contributed by atoms with Crippen LogP contribution in [0.2, 0.25) is 0 Å². The SMILES string of the molecule is CCOCC1CCCCC1(C)O. The molecular formula is C10H20O2. The Balaban J connectivity index is 2.37. The standard InChI is InChI=1S/C10H20O2/c1-3-12-8-9-6-4-5-7-10(9,2)11/h9,11H,3-8H2,1-2H3. The van der Waals surface area contributed by atoms with Crippen molar-refractivity contribution in [3.05, 3.63) is 0 Å². The van der Waals surface area contributed by atoms with Crippen LogP contribution in [0, 0.1) is 5.92 Å². The van der Waals surface area contributed by atoms with Crippen molar-refractivity contribution in [1.29, 1.82) is 0 Å². The summed E-state index contributed by atoms with van der Waals surface area (Å²) in [5, 5.41) is 9.98. The monoisotopic (exact) mass is 172 g/mol. The fraction of sp³-hybridized carbons (Fsp3) is 1.00. The topological polar surface area (TPSA) is 29.5 Å². The second-order valence-electron chi connectivity index (χ2n) is 3.96. The molecule has 72 valence electrons. The highest BCUT2D eigenvalue weighted by atomic mass is 16.5. The minimum absolute atomic E-state index is 0.353. The molecule has 1 N–H and O–H groups in total. The first kappa shape index (κ1) is 10.0. The molecule has 1 fully saturated rings. The lowest BCUT2D eigenvalue weighted by Crippen LogP contribution is -2.40. The summed E-state index contributed by atoms with van der Waals surface area (Å²) in [5.74, 6) is 0.353. The Labute approximate surface area is 74.9 Å². The number of hydrogen-bond donors (Lipinski definition) is 1. The van der Waals surface area contributed by atoms with E-state index in [2.05, 4.69) is 0 Å². The number of hydrogen-bond acceptors (Lipinski definition) is 2. The van der Waals surface area contributed by atoms with Gasteiger partial charge in [0.1, 0.15) is 0 Å². The van der Waals surface area contributed by atoms with Gasteiger partial charge in [-0.2, -0.15) is 0 Å². The highest BCUT2D eigenvalue weighted by Crippen LogP contribution is 2.33. The minimum atomic E-state index is -0.479. The largest absolute Gasteiger partial charge is 0.390 e. The zero-order valence-corrected chi connectivity index (χ0v) is 8.18. The molecule has 0 amide bonds. The molecule has 1 aliphatic carbocycles. The fourth-order valence-electron chi connectivity index (χ4n) is 1.91. The van der Waals surface area contributed by atoms with Gasteiger partial charge in [0, 0.05) is 12.5 Å². The Morgan fingerprint density at radius 3 is 2.83 bits per heavy atom. The normalized spacial score (nSPS) is 36.8. The molecule has 2 nitrogen and oxygen atoms in total. The molecule has 0 saturated heterocycles. The lowest BCUT2D eigenvalue weighted by Gasteiger charge is -2.36. The lowest BCUT2D eigenvalue weighted by atomic mass is 9.77. The number of aliphatic hydroxyl groups is 1. The van der Waals surface area contributed by atoms with Crippen LogP contribution in [-0.4, -0.2) is 23.9 Å². The molecule has 2 atom stereocenters. The molecular weight excluding hydrogens is 152 g/mol. The van der Waals surface area contributed by atoms with E-state index in [1.165, 1.54) is 6.42 Å². The van der Waals surface area contributed by atoms with Gasteiger partial charge in [-0.25, -0.2) is 0 Å². The van der Waals surface area contributed by atoms with Crippen LogP contribution in [0.25, 0.3) is 0 Å². The van der Waals surface area contributed by atoms with Crippen LogP contribution in [0.5, 0.6) is 0 Å². The molecule has 0 aromatic carbocycles. The second-order valence-corrected chi connectivity index (χ2v) is 3.96. The zero-order chi connectivity index (χ0) is 9.03. The molecule has 0 aromatic heterocycles. The van der Waals surface area contributed by atoms with Gasteiger partial charge in [0.05, 0.1) is 12.2 Å². The highest BCUT2D eigenvalue weighted by Gasteiger charge is 2.34. The van der Waals surface area contributed by atoms with Crippen LogP contribution >= 0.6 is 0 Å². The van der Waals surface area contributed by atoms with Gasteiger partial charge in [0.15, 0.2) is 0 Å². The summed E-state index contributed by atoms with van der Waals surface area (Å²) in [4.78, 5) is 0. The summed E-state index contributed by atoms with van der Waals surface area (Å²) >= 11 is 0. The van der Waals surface area contributed by atoms with E-state index in [0.717, 1.165) is 32.5 Å². The molecule has 2 unspecified atom stereocenters. The van der Waals surface area contributed by atoms with Gasteiger partial charge in [-0.3, -0.25) is 0 Å². The van der Waals surface area contributed by atoms with Crippen LogP contribution in [-0.2, 0) is 4.74 Å². The molecule has 0 spiro atoms. The highest BCUT2D eigenvalue weighted by molar-refractivity contribution is 4.85. The predicted molar refractivity (Wildman–Crippen MR) is 49.1 cm³/mol. The van der Waals surface area contributed by atoms with E-state index in [1.807, 2.05) is 13.8 Å². The van der Waals surface area contributed by atoms with Gasteiger partial charge in [-0.1, -0.05) is 12.8 Å². The van der Waals surface area contributed by atoms with Gasteiger partial charge in [-0.05, 0) is 26.7 Å². The first-order valence-electron chi connectivity index (χ1n) is 4.97. The Morgan fingerprint density at radius 1 is 1.50 bits per heavy atom. The molecule has 0 radical (unpaired) electrons. The van der Waals surface area contributed by atoms with E-state index >= 15 is 0 Å². The molecule has 12 heavy (non-hydrogen) atoms. The van der Waals surface area contributed by atoms with Gasteiger partial charge in [0.2, 0.25) is 0 Å². The predicted octanol–water partition coefficient (Wildman–Crippen LogP) is 1.96. The molecule has 1 rings (SSSR count). The maximum atomic E-state index is 9.98. The zero-order valence-electron chi connectivity index (χ0n) is 8.18. The van der Waals surface area contributed by atoms with Crippen LogP contribution in [0.3, 0.4) is 0 Å². The van der Waals surface area contributed by atoms with Gasteiger partial charge < -0.3 is 9.84 Å². The summed E-state index contributed by atoms with van der Waals surface area (Å²) < 4.78 is 5.35. The molecule has 2 heteroatoms. The van der Waals surface area contributed by atoms with Crippen molar-refractivity contribution in [2.75, 3.05) is 13.2 Å². The molecule has 1 saturated carbocycles. The molecule has 0 aromatic rings. The van der Waals surface area contributed by atoms with Crippen molar-refractivity contribution in [2.24, 2.45) is 5.92 Å². The van der Waals surface area contributed by atoms with E-state index in [0.29, 0.717) is 5.92 Å². The van der Waals surface area contributed by atoms with E-state index in [4.69, 9.17) is 4.74 Å². The third-order valence-corrected chi connectivity index (χ3v) is 2.89. The first-order valence-corrected chi connectivity index (χ1v) is 4.97. The third-order valence-electron chi connectivity index (χ3n) is 2.89. The van der Waals surface area contributed by atoms with Crippen molar-refractivity contribution >= 4 is 0 Å². The molecule has 0 heterocycles. The van der Waals surface area contributed by atoms with E-state index in [9.17, 15) is 5.11 Å². The fourth-order valence-corrected chi connectivity index (χ4v) is 1.91. The average Bonchev–Trinajstić information content (AvgIpc) is 2.02. The first-order chi connectivity index (χ1) is 5.67. The smallest absolute Gasteiger partial charge is 0.0669 e. The van der Waals surface area contributed by atoms with Gasteiger partial charge in [0.25, 0.3) is 0 Å². The average molecular weight is 172 g/mol. The Bertz CT molecular complexity index is 132. The molecule has 0 aliphatic heterocycles. The van der Waals surface area contributed by atoms with Crippen LogP contribution in [0.15, 0.2) is 0 Å². The van der Waals surface area contributed by atoms with Gasteiger partial charge in [-0.15, -0.1) is 0 Å². The Hall–Kier alpha value is -0.0800. The molecule has 1 aliphatic rings. The number of rotatable bonds is 3. The van der Waals surface area contributed by atoms with Crippen LogP contribution in [0.4, 0.5) is 0 Å². The van der Waals surface area contributed by atoms with Crippen molar-refractivity contribution in [3.8, 4) is 0 Å². The van der Waals surface area contributed by atoms with Crippen molar-refractivity contribution in [3.63, 3.8) is 0 Å². The summed E-state index contributed by atoms with van der Waals surface area (Å²) in [6.07, 6.45) is 4.46. The molecule has 0 bridgehead atoms. The van der Waals surface area contributed by atoms with E-state index in [1.54, 1.807) is 0 Å². The maximum absolute atomic E-state index is 9.98. The van der Waals surface area contributed by atoms with Gasteiger partial charge >= 0.3 is 0 Å². The summed E-state index contributed by atoms with van der Waals surface area (Å²) in [5.41, 5.74) is -0.479. The number of ether oxygens (including phenoxy) is 1. The Kier molecular flexibility index (Phi) is 3.53. The van der Waals surface area contributed by atoms with Crippen LogP contribution < -0.4 is 0 Å². The maximum Gasteiger partial charge on any atom is 0.0669 e. The van der Waals surface area contributed by atoms with Crippen molar-refractivity contribution in [2.45, 2.75) is 45.1 Å². The third kappa shape index (κ3) is 2.46. The van der Waals surface area contributed by atoms with E-state index < -0.39 is 5.60 Å². The van der Waals surface area contributed by atoms with Crippen molar-refractivity contribution < 1.29 is 9.84 Å². The second kappa shape index (κ2) is 4.24. The lowest BCUT2D eigenvalue weighted by molar-refractivity contribution is -0.0649. The van der Waals surface area contributed by atoms with E-state index in [-0.39, 0.29) is 0 Å². The quantitative estimate of drug-likeness (QED) is 0.705. The summed E-state index contributed by atoms with van der Waals surface area (Å²) in [6, 6.07) is 0. The summed E-state index contributed by atoms with van der Waals surface area (Å²) in [6.45, 7) is 5.42. The van der Waals surface area contributed by atoms with Crippen LogP contribution in [0.1, 0.15) is 39.5 Å². The summed E-state index contributed by atoms with van der Waals surface area (Å²) in [7, 11) is 0. The Morgan fingerprint density at radius 2 is 2.25 bits per heavy atom. The minimum Gasteiger partial charge on any atom is -0.390 e. The van der Waals surface area contributed by atoms with Crippen molar-refractivity contribution in [1.82, 2.24) is 0 Å².